The van der Waals surface area contributed by atoms with Gasteiger partial charge in [0.15, 0.2) is 29.2 Å². The highest BCUT2D eigenvalue weighted by Gasteiger charge is 2.58. The highest BCUT2D eigenvalue weighted by atomic mass is 16.6. The molecule has 7 N–H and O–H groups in total. The van der Waals surface area contributed by atoms with Crippen molar-refractivity contribution in [2.24, 2.45) is 11.3 Å². The highest BCUT2D eigenvalue weighted by molar-refractivity contribution is 6.07. The molecule has 12 rings (SSSR count). The van der Waals surface area contributed by atoms with Gasteiger partial charge >= 0.3 is 6.09 Å². The monoisotopic (exact) mass is 1400 g/mol. The van der Waals surface area contributed by atoms with Crippen LogP contribution in [0.5, 0.6) is 28.7 Å². The Kier molecular flexibility index (Phi) is 21.5. The first kappa shape index (κ1) is 71.2. The summed E-state index contributed by atoms with van der Waals surface area (Å²) in [6.07, 6.45) is 2.40. The number of carbonyl (C=O) groups excluding carboxylic acids is 9. The summed E-state index contributed by atoms with van der Waals surface area (Å²) in [6, 6.07) is 32.3. The number of anilines is 4. The number of aliphatic hydroxyl groups is 1. The van der Waals surface area contributed by atoms with Crippen LogP contribution < -0.4 is 65.4 Å². The molecular weight excluding hydrogens is 1320 g/mol. The summed E-state index contributed by atoms with van der Waals surface area (Å²) >= 11 is 0. The van der Waals surface area contributed by atoms with Crippen LogP contribution >= 0.6 is 0 Å². The lowest BCUT2D eigenvalue weighted by atomic mass is 10.0. The summed E-state index contributed by atoms with van der Waals surface area (Å²) in [5.74, 6) is 3.77. The van der Waals surface area contributed by atoms with Gasteiger partial charge in [0.2, 0.25) is 35.4 Å². The number of para-hydroxylation sites is 1. The molecule has 5 aliphatic heterocycles. The van der Waals surface area contributed by atoms with E-state index in [-0.39, 0.29) is 91.1 Å². The van der Waals surface area contributed by atoms with Crippen molar-refractivity contribution in [3.05, 3.63) is 166 Å². The van der Waals surface area contributed by atoms with E-state index in [9.17, 15) is 48.3 Å². The molecule has 26 nitrogen and oxygen atoms in total. The van der Waals surface area contributed by atoms with Gasteiger partial charge in [0.25, 0.3) is 11.8 Å². The molecule has 0 radical (unpaired) electrons. The fourth-order valence-electron chi connectivity index (χ4n) is 13.4. The highest BCUT2D eigenvalue weighted by Crippen LogP contribution is 2.57. The second-order valence-corrected chi connectivity index (χ2v) is 26.7. The summed E-state index contributed by atoms with van der Waals surface area (Å²) in [5, 5.41) is 28.5. The SMILES string of the molecule is COc1ccc(C2=CN3C(=O)c4cc(OC)c(OCCCOc5cc6c(cc5OC)C(=O)N5CC7(CC7)C[C@H]5[C@@H](O)N6C(=O)OCc5ccc(NC(=O)[C@H](C)NC(=O)[C@@H](NC(=O)CNC(=O)CNC(=O)CCC(=O)N6Cc7ccccc7C#Cc7ccccc76)C(C)C)cc5)cc4NC[C@@H]3C2)cc1. The average molecular weight is 1400 g/mol. The Morgan fingerprint density at radius 2 is 1.36 bits per heavy atom. The van der Waals surface area contributed by atoms with E-state index in [0.29, 0.717) is 77.6 Å². The smallest absolute Gasteiger partial charge is 0.416 e. The molecule has 103 heavy (non-hydrogen) atoms. The average Bonchev–Trinajstić information content (AvgIpc) is 1.57. The number of hydrogen-bond donors (Lipinski definition) is 7. The van der Waals surface area contributed by atoms with Crippen LogP contribution in [0.2, 0.25) is 0 Å². The Morgan fingerprint density at radius 3 is 2.07 bits per heavy atom. The Labute approximate surface area is 595 Å². The Morgan fingerprint density at radius 1 is 0.689 bits per heavy atom. The number of nitrogens with one attached hydrogen (secondary N) is 6. The molecular formula is C77H82N10O16. The molecule has 26 heteroatoms. The van der Waals surface area contributed by atoms with Crippen LogP contribution in [0.15, 0.2) is 128 Å². The van der Waals surface area contributed by atoms with Gasteiger partial charge in [-0.1, -0.05) is 80.3 Å². The Bertz CT molecular complexity index is 4390. The van der Waals surface area contributed by atoms with Gasteiger partial charge in [-0.25, -0.2) is 9.69 Å². The van der Waals surface area contributed by atoms with Gasteiger partial charge in [-0.05, 0) is 121 Å². The summed E-state index contributed by atoms with van der Waals surface area (Å²) in [4.78, 5) is 128. The molecule has 1 spiro atoms. The number of hydrogen-bond acceptors (Lipinski definition) is 17. The largest absolute Gasteiger partial charge is 0.497 e. The minimum atomic E-state index is -1.50. The molecule has 9 amide bonds. The van der Waals surface area contributed by atoms with Gasteiger partial charge in [-0.3, -0.25) is 38.4 Å². The van der Waals surface area contributed by atoms with E-state index in [4.69, 9.17) is 28.4 Å². The van der Waals surface area contributed by atoms with E-state index >= 15 is 0 Å². The second-order valence-electron chi connectivity index (χ2n) is 26.7. The lowest BCUT2D eigenvalue weighted by Crippen LogP contribution is -2.55. The zero-order chi connectivity index (χ0) is 72.6. The quantitative estimate of drug-likeness (QED) is 0.0219. The van der Waals surface area contributed by atoms with E-state index in [0.717, 1.165) is 45.8 Å². The third kappa shape index (κ3) is 16.1. The van der Waals surface area contributed by atoms with Crippen LogP contribution in [-0.2, 0) is 46.7 Å². The summed E-state index contributed by atoms with van der Waals surface area (Å²) in [6.45, 7) is 5.02. The summed E-state index contributed by atoms with van der Waals surface area (Å²) in [7, 11) is 4.56. The van der Waals surface area contributed by atoms with Crippen molar-refractivity contribution in [2.45, 2.75) is 109 Å². The minimum Gasteiger partial charge on any atom is -0.497 e. The molecule has 0 bridgehead atoms. The van der Waals surface area contributed by atoms with Crippen molar-refractivity contribution in [3.63, 3.8) is 0 Å². The topological polar surface area (TPSA) is 314 Å². The minimum absolute atomic E-state index is 0.0570. The zero-order valence-electron chi connectivity index (χ0n) is 58.1. The maximum Gasteiger partial charge on any atom is 0.416 e. The molecule has 1 saturated heterocycles. The Hall–Kier alpha value is -11.6. The number of ether oxygens (including phenoxy) is 6. The first-order valence-corrected chi connectivity index (χ1v) is 34.3. The number of amides is 9. The van der Waals surface area contributed by atoms with Gasteiger partial charge < -0.3 is 80.1 Å². The maximum atomic E-state index is 14.5. The van der Waals surface area contributed by atoms with Gasteiger partial charge in [0, 0.05) is 67.5 Å². The normalized spacial score (nSPS) is 17.7. The van der Waals surface area contributed by atoms with E-state index in [1.165, 1.54) is 33.3 Å². The molecule has 6 aromatic carbocycles. The van der Waals surface area contributed by atoms with Crippen LogP contribution in [0.3, 0.4) is 0 Å². The molecule has 2 fully saturated rings. The van der Waals surface area contributed by atoms with Gasteiger partial charge in [-0.2, -0.15) is 0 Å². The first-order valence-electron chi connectivity index (χ1n) is 34.3. The lowest BCUT2D eigenvalue weighted by Gasteiger charge is -2.31. The van der Waals surface area contributed by atoms with Crippen LogP contribution in [0.25, 0.3) is 5.57 Å². The number of aliphatic hydroxyl groups excluding tert-OH is 1. The fourth-order valence-corrected chi connectivity index (χ4v) is 13.4. The van der Waals surface area contributed by atoms with Crippen LogP contribution in [0.4, 0.5) is 27.5 Å². The molecule has 536 valence electrons. The summed E-state index contributed by atoms with van der Waals surface area (Å²) in [5.41, 5.74) is 6.94. The van der Waals surface area contributed by atoms with Crippen molar-refractivity contribution in [1.82, 2.24) is 31.1 Å². The molecule has 6 aromatic rings. The van der Waals surface area contributed by atoms with E-state index < -0.39 is 79.0 Å². The van der Waals surface area contributed by atoms with Crippen molar-refractivity contribution in [1.29, 1.82) is 0 Å². The zero-order valence-corrected chi connectivity index (χ0v) is 58.1. The number of carbonyl (C=O) groups is 9. The van der Waals surface area contributed by atoms with Crippen LogP contribution in [-0.4, -0.2) is 159 Å². The van der Waals surface area contributed by atoms with Gasteiger partial charge in [0.1, 0.15) is 24.4 Å². The summed E-state index contributed by atoms with van der Waals surface area (Å²) < 4.78 is 35.2. The van der Waals surface area contributed by atoms with Crippen molar-refractivity contribution in [3.8, 4) is 40.6 Å². The number of fused-ring (bicyclic) bond motifs is 6. The standard InChI is InChI=1S/C77H82N10O16/c1-45(2)70(83-68(90)40-80-67(89)39-79-66(88)26-27-69(91)85-41-51-14-8-7-12-48(51)18-19-50-13-9-10-15-59(50)85)72(93)81-46(3)71(92)82-53-22-16-47(17-23-53)43-103-76(97)87-60-36-65(63(100-6)34-57(60)74(95)86-44-77(28-29-77)37-61(86)75(87)96)102-31-11-30-101-64-35-58-56(33-62(64)99-5)73(94)84-42-52(32-54(84)38-78-58)49-20-24-55(98-4)25-21-49/h7-10,12-17,20-25,33-36,42,45-46,54,61,70,75,78,96H,11,26-32,37-41,43-44H2,1-6H3,(H,79,88)(H,80,89)(H,81,93)(H,82,92)(H,83,90)/t46-,54-,61-,70-,75+/m0/s1. The molecule has 1 saturated carbocycles. The molecule has 6 aliphatic rings. The van der Waals surface area contributed by atoms with Gasteiger partial charge in [0.05, 0.1) is 94.5 Å². The van der Waals surface area contributed by atoms with Crippen molar-refractivity contribution >= 4 is 81.7 Å². The van der Waals surface area contributed by atoms with Crippen molar-refractivity contribution in [2.75, 3.05) is 81.2 Å². The fraction of sp³-hybridized carbons (Fsp3) is 0.364. The van der Waals surface area contributed by atoms with Crippen LogP contribution in [0, 0.1) is 23.2 Å². The molecule has 0 aromatic heterocycles. The number of nitrogens with zero attached hydrogens (tertiary/aromatic N) is 4. The second kappa shape index (κ2) is 31.1. The molecule has 5 heterocycles. The van der Waals surface area contributed by atoms with Gasteiger partial charge in [-0.15, -0.1) is 0 Å². The van der Waals surface area contributed by atoms with E-state index in [1.807, 2.05) is 72.9 Å². The predicted octanol–water partition coefficient (Wildman–Crippen LogP) is 7.25. The molecule has 0 unspecified atom stereocenters. The first-order chi connectivity index (χ1) is 49.7. The van der Waals surface area contributed by atoms with Crippen molar-refractivity contribution < 1.29 is 76.7 Å². The van der Waals surface area contributed by atoms with Crippen LogP contribution in [0.1, 0.15) is 114 Å². The lowest BCUT2D eigenvalue weighted by molar-refractivity contribution is -0.132. The third-order valence-electron chi connectivity index (χ3n) is 19.3. The third-order valence-corrected chi connectivity index (χ3v) is 19.3. The van der Waals surface area contributed by atoms with E-state index in [1.54, 1.807) is 78.1 Å². The predicted molar refractivity (Wildman–Crippen MR) is 380 cm³/mol. The number of rotatable bonds is 25. The number of benzene rings is 6. The molecule has 5 atom stereocenters. The maximum absolute atomic E-state index is 14.5. The Balaban J connectivity index is 0.606. The number of methoxy groups -OCH3 is 3. The molecule has 1 aliphatic carbocycles. The van der Waals surface area contributed by atoms with E-state index in [2.05, 4.69) is 43.7 Å².